The van der Waals surface area contributed by atoms with E-state index in [2.05, 4.69) is 29.5 Å². The Balaban J connectivity index is 1.65. The van der Waals surface area contributed by atoms with Crippen molar-refractivity contribution in [3.8, 4) is 0 Å². The molecule has 28 heavy (non-hydrogen) atoms. The maximum absolute atomic E-state index is 13.0. The summed E-state index contributed by atoms with van der Waals surface area (Å²) in [4.78, 5) is 18.4. The van der Waals surface area contributed by atoms with Crippen LogP contribution in [0.3, 0.4) is 0 Å². The molecule has 2 aliphatic rings. The number of anilines is 1. The summed E-state index contributed by atoms with van der Waals surface area (Å²) in [7, 11) is 1.79. The van der Waals surface area contributed by atoms with Gasteiger partial charge in [0.05, 0.1) is 23.5 Å². The molecule has 1 saturated carbocycles. The molecule has 2 heterocycles. The molecule has 8 heteroatoms. The molecule has 1 amide bonds. The second-order valence-electron chi connectivity index (χ2n) is 8.42. The molecule has 1 saturated heterocycles. The third kappa shape index (κ3) is 4.59. The van der Waals surface area contributed by atoms with Crippen LogP contribution in [-0.4, -0.2) is 43.1 Å². The molecular formula is C20H29F3N4O. The lowest BCUT2D eigenvalue weighted by Gasteiger charge is -2.25. The van der Waals surface area contributed by atoms with E-state index in [0.29, 0.717) is 30.6 Å². The molecule has 1 aromatic heterocycles. The van der Waals surface area contributed by atoms with Crippen molar-refractivity contribution in [2.45, 2.75) is 51.4 Å². The van der Waals surface area contributed by atoms with E-state index < -0.39 is 11.7 Å². The first kappa shape index (κ1) is 20.9. The molecule has 156 valence electrons. The van der Waals surface area contributed by atoms with Crippen LogP contribution in [0.25, 0.3) is 0 Å². The third-order valence-corrected chi connectivity index (χ3v) is 5.97. The van der Waals surface area contributed by atoms with Gasteiger partial charge in [0, 0.05) is 31.2 Å². The Morgan fingerprint density at radius 1 is 1.29 bits per heavy atom. The van der Waals surface area contributed by atoms with Crippen molar-refractivity contribution in [2.24, 2.45) is 17.8 Å². The van der Waals surface area contributed by atoms with Crippen molar-refractivity contribution in [3.05, 3.63) is 24.0 Å². The molecule has 0 spiro atoms. The van der Waals surface area contributed by atoms with Crippen LogP contribution in [0.4, 0.5) is 18.9 Å². The summed E-state index contributed by atoms with van der Waals surface area (Å²) in [6, 6.07) is 1.02. The lowest BCUT2D eigenvalue weighted by atomic mass is 9.97. The highest BCUT2D eigenvalue weighted by molar-refractivity contribution is 5.82. The van der Waals surface area contributed by atoms with Crippen LogP contribution in [0, 0.1) is 17.8 Å². The number of alkyl halides is 3. The number of pyridine rings is 1. The number of likely N-dealkylation sites (N-methyl/N-ethyl adjacent to an activating group) is 1. The van der Waals surface area contributed by atoms with Gasteiger partial charge in [0.15, 0.2) is 0 Å². The summed E-state index contributed by atoms with van der Waals surface area (Å²) < 4.78 is 38.9. The number of hydrogen-bond donors (Lipinski definition) is 2. The fraction of sp³-hybridized carbons (Fsp3) is 0.700. The largest absolute Gasteiger partial charge is 0.417 e. The minimum absolute atomic E-state index is 0.0148. The SMILES string of the molecule is CN[C@@H](CC(C)C)C(=O)N[C@H]1CC[C@@H]2CN(c3cncc(C(F)(F)F)c3)C[C@@H]21. The zero-order valence-electron chi connectivity index (χ0n) is 16.6. The molecule has 1 aliphatic carbocycles. The van der Waals surface area contributed by atoms with Crippen molar-refractivity contribution in [2.75, 3.05) is 25.0 Å². The van der Waals surface area contributed by atoms with Gasteiger partial charge < -0.3 is 15.5 Å². The first-order chi connectivity index (χ1) is 13.2. The quantitative estimate of drug-likeness (QED) is 0.773. The molecular weight excluding hydrogens is 369 g/mol. The number of amides is 1. The zero-order chi connectivity index (χ0) is 20.5. The van der Waals surface area contributed by atoms with Crippen LogP contribution in [-0.2, 0) is 11.0 Å². The third-order valence-electron chi connectivity index (χ3n) is 5.97. The van der Waals surface area contributed by atoms with Gasteiger partial charge in [0.25, 0.3) is 0 Å². The van der Waals surface area contributed by atoms with Crippen LogP contribution in [0.2, 0.25) is 0 Å². The van der Waals surface area contributed by atoms with Gasteiger partial charge in [-0.2, -0.15) is 13.2 Å². The van der Waals surface area contributed by atoms with E-state index in [9.17, 15) is 18.0 Å². The minimum atomic E-state index is -4.40. The molecule has 4 atom stereocenters. The Morgan fingerprint density at radius 2 is 2.04 bits per heavy atom. The van der Waals surface area contributed by atoms with E-state index in [4.69, 9.17) is 0 Å². The highest BCUT2D eigenvalue weighted by atomic mass is 19.4. The molecule has 3 rings (SSSR count). The van der Waals surface area contributed by atoms with Gasteiger partial charge in [-0.1, -0.05) is 13.8 Å². The predicted octanol–water partition coefficient (Wildman–Crippen LogP) is 3.07. The highest BCUT2D eigenvalue weighted by Crippen LogP contribution is 2.40. The Kier molecular flexibility index (Phi) is 6.17. The van der Waals surface area contributed by atoms with Crippen LogP contribution < -0.4 is 15.5 Å². The van der Waals surface area contributed by atoms with E-state index in [1.54, 1.807) is 7.05 Å². The van der Waals surface area contributed by atoms with Crippen molar-refractivity contribution < 1.29 is 18.0 Å². The molecule has 0 aromatic carbocycles. The zero-order valence-corrected chi connectivity index (χ0v) is 16.6. The van der Waals surface area contributed by atoms with Crippen molar-refractivity contribution >= 4 is 11.6 Å². The van der Waals surface area contributed by atoms with Gasteiger partial charge in [-0.15, -0.1) is 0 Å². The average molecular weight is 398 g/mol. The van der Waals surface area contributed by atoms with Gasteiger partial charge >= 0.3 is 6.18 Å². The summed E-state index contributed by atoms with van der Waals surface area (Å²) in [5.41, 5.74) is -0.223. The van der Waals surface area contributed by atoms with Crippen LogP contribution in [0.5, 0.6) is 0 Å². The van der Waals surface area contributed by atoms with Crippen molar-refractivity contribution in [1.29, 1.82) is 0 Å². The van der Waals surface area contributed by atoms with Gasteiger partial charge in [-0.25, -0.2) is 0 Å². The molecule has 2 N–H and O–H groups in total. The number of nitrogens with one attached hydrogen (secondary N) is 2. The van der Waals surface area contributed by atoms with Crippen LogP contribution in [0.15, 0.2) is 18.5 Å². The molecule has 2 fully saturated rings. The van der Waals surface area contributed by atoms with E-state index >= 15 is 0 Å². The standard InChI is InChI=1S/C20H29F3N4O/c1-12(2)6-18(24-3)19(28)26-17-5-4-13-10-27(11-16(13)17)15-7-14(8-25-9-15)20(21,22)23/h7-9,12-13,16-18,24H,4-6,10-11H2,1-3H3,(H,26,28)/t13-,16+,17+,18+/m1/s1. The topological polar surface area (TPSA) is 57.3 Å². The van der Waals surface area contributed by atoms with E-state index in [-0.39, 0.29) is 23.9 Å². The van der Waals surface area contributed by atoms with Gasteiger partial charge in [-0.05, 0) is 44.2 Å². The number of carbonyl (C=O) groups excluding carboxylic acids is 1. The van der Waals surface area contributed by atoms with E-state index in [0.717, 1.165) is 25.5 Å². The molecule has 5 nitrogen and oxygen atoms in total. The Hall–Kier alpha value is -1.83. The average Bonchev–Trinajstić information content (AvgIpc) is 3.21. The maximum Gasteiger partial charge on any atom is 0.417 e. The van der Waals surface area contributed by atoms with Gasteiger partial charge in [0.2, 0.25) is 5.91 Å². The van der Waals surface area contributed by atoms with E-state index in [1.807, 2.05) is 4.90 Å². The lowest BCUT2D eigenvalue weighted by Crippen LogP contribution is -2.49. The molecule has 0 radical (unpaired) electrons. The second kappa shape index (κ2) is 8.27. The van der Waals surface area contributed by atoms with E-state index in [1.165, 1.54) is 12.3 Å². The van der Waals surface area contributed by atoms with Gasteiger partial charge in [0.1, 0.15) is 0 Å². The summed E-state index contributed by atoms with van der Waals surface area (Å²) in [5.74, 6) is 1.07. The summed E-state index contributed by atoms with van der Waals surface area (Å²) in [6.07, 6.45) is 0.624. The summed E-state index contributed by atoms with van der Waals surface area (Å²) in [6.45, 7) is 5.52. The van der Waals surface area contributed by atoms with Crippen molar-refractivity contribution in [3.63, 3.8) is 0 Å². The Bertz CT molecular complexity index is 694. The fourth-order valence-electron chi connectivity index (χ4n) is 4.52. The first-order valence-electron chi connectivity index (χ1n) is 9.94. The van der Waals surface area contributed by atoms with Gasteiger partial charge in [-0.3, -0.25) is 9.78 Å². The maximum atomic E-state index is 13.0. The number of hydrogen-bond acceptors (Lipinski definition) is 4. The summed E-state index contributed by atoms with van der Waals surface area (Å²) in [5, 5.41) is 6.28. The first-order valence-corrected chi connectivity index (χ1v) is 9.94. The van der Waals surface area contributed by atoms with Crippen molar-refractivity contribution in [1.82, 2.24) is 15.6 Å². The predicted molar refractivity (Wildman–Crippen MR) is 102 cm³/mol. The molecule has 0 bridgehead atoms. The second-order valence-corrected chi connectivity index (χ2v) is 8.42. The summed E-state index contributed by atoms with van der Waals surface area (Å²) >= 11 is 0. The number of halogens is 3. The lowest BCUT2D eigenvalue weighted by molar-refractivity contribution is -0.137. The fourth-order valence-corrected chi connectivity index (χ4v) is 4.52. The monoisotopic (exact) mass is 398 g/mol. The Labute approximate surface area is 164 Å². The number of aromatic nitrogens is 1. The van der Waals surface area contributed by atoms with Crippen LogP contribution >= 0.6 is 0 Å². The number of nitrogens with zero attached hydrogens (tertiary/aromatic N) is 2. The van der Waals surface area contributed by atoms with Crippen LogP contribution in [0.1, 0.15) is 38.7 Å². The highest BCUT2D eigenvalue weighted by Gasteiger charge is 2.44. The normalized spacial score (nSPS) is 25.8. The smallest absolute Gasteiger partial charge is 0.370 e. The number of carbonyl (C=O) groups is 1. The minimum Gasteiger partial charge on any atom is -0.370 e. The molecule has 1 aromatic rings. The molecule has 1 aliphatic heterocycles. The molecule has 0 unspecified atom stereocenters. The number of fused-ring (bicyclic) bond motifs is 1. The number of rotatable bonds is 6. The Morgan fingerprint density at radius 3 is 2.68 bits per heavy atom.